The molecule has 0 aliphatic rings. The molecule has 0 bridgehead atoms. The van der Waals surface area contributed by atoms with E-state index in [1.165, 1.54) is 0 Å². The van der Waals surface area contributed by atoms with Gasteiger partial charge in [-0.3, -0.25) is 5.43 Å². The maximum absolute atomic E-state index is 5.87. The van der Waals surface area contributed by atoms with E-state index in [4.69, 9.17) is 19.5 Å². The highest BCUT2D eigenvalue weighted by atomic mass is 16.5. The largest absolute Gasteiger partial charge is 0.493 e. The van der Waals surface area contributed by atoms with E-state index in [-0.39, 0.29) is 0 Å². The summed E-state index contributed by atoms with van der Waals surface area (Å²) in [5.74, 6) is 1.97. The normalized spacial score (nSPS) is 11.7. The number of aromatic nitrogens is 1. The summed E-state index contributed by atoms with van der Waals surface area (Å²) in [6.07, 6.45) is 5.06. The van der Waals surface area contributed by atoms with E-state index in [1.807, 2.05) is 84.9 Å². The first kappa shape index (κ1) is 24.0. The Balaban J connectivity index is 1.54. The van der Waals surface area contributed by atoms with Crippen molar-refractivity contribution in [2.24, 2.45) is 10.1 Å². The van der Waals surface area contributed by atoms with Gasteiger partial charge in [0.05, 0.1) is 31.1 Å². The molecule has 4 rings (SSSR count). The highest BCUT2D eigenvalue weighted by Crippen LogP contribution is 2.27. The molecule has 1 heterocycles. The molecule has 3 aromatic carbocycles. The third-order valence-electron chi connectivity index (χ3n) is 5.42. The fourth-order valence-corrected chi connectivity index (χ4v) is 3.55. The predicted molar refractivity (Wildman–Crippen MR) is 143 cm³/mol. The monoisotopic (exact) mass is 466 g/mol. The van der Waals surface area contributed by atoms with Gasteiger partial charge in [0.2, 0.25) is 0 Å². The number of nitrogens with one attached hydrogen (secondary N) is 1. The van der Waals surface area contributed by atoms with Crippen LogP contribution in [0.25, 0.3) is 10.9 Å². The molecule has 6 heteroatoms. The van der Waals surface area contributed by atoms with Crippen molar-refractivity contribution in [1.82, 2.24) is 10.4 Å². The number of amidine groups is 1. The average molecular weight is 467 g/mol. The molecule has 0 fully saturated rings. The fraction of sp³-hybridized carbons (Fsp3) is 0.207. The molecular weight excluding hydrogens is 436 g/mol. The van der Waals surface area contributed by atoms with Crippen molar-refractivity contribution in [1.29, 1.82) is 0 Å². The van der Waals surface area contributed by atoms with E-state index < -0.39 is 0 Å². The Morgan fingerprint density at radius 2 is 1.74 bits per heavy atom. The van der Waals surface area contributed by atoms with Crippen molar-refractivity contribution in [2.45, 2.75) is 26.2 Å². The van der Waals surface area contributed by atoms with E-state index in [2.05, 4.69) is 17.5 Å². The van der Waals surface area contributed by atoms with Gasteiger partial charge in [0.15, 0.2) is 17.3 Å². The van der Waals surface area contributed by atoms with Gasteiger partial charge >= 0.3 is 0 Å². The minimum absolute atomic E-state index is 0.557. The summed E-state index contributed by atoms with van der Waals surface area (Å²) >= 11 is 0. The molecule has 35 heavy (non-hydrogen) atoms. The van der Waals surface area contributed by atoms with Crippen LogP contribution in [0.15, 0.2) is 95.0 Å². The zero-order valence-electron chi connectivity index (χ0n) is 20.1. The fourth-order valence-electron chi connectivity index (χ4n) is 3.55. The number of nitrogens with zero attached hydrogens (tertiary/aromatic N) is 3. The molecule has 0 aliphatic carbocycles. The number of pyridine rings is 1. The van der Waals surface area contributed by atoms with Crippen molar-refractivity contribution < 1.29 is 9.47 Å². The van der Waals surface area contributed by atoms with E-state index in [1.54, 1.807) is 13.3 Å². The van der Waals surface area contributed by atoms with Crippen LogP contribution in [0.4, 0.5) is 5.69 Å². The Hall–Kier alpha value is -4.19. The first-order valence-electron chi connectivity index (χ1n) is 11.9. The first-order chi connectivity index (χ1) is 17.3. The third kappa shape index (κ3) is 6.67. The zero-order chi connectivity index (χ0) is 24.3. The number of ether oxygens (including phenoxy) is 2. The number of rotatable bonds is 10. The van der Waals surface area contributed by atoms with Crippen molar-refractivity contribution in [3.63, 3.8) is 0 Å². The van der Waals surface area contributed by atoms with Crippen LogP contribution < -0.4 is 14.9 Å². The number of para-hydroxylation sites is 2. The molecular formula is C29H30N4O2. The van der Waals surface area contributed by atoms with Gasteiger partial charge in [-0.1, -0.05) is 62.2 Å². The Morgan fingerprint density at radius 3 is 2.57 bits per heavy atom. The maximum atomic E-state index is 5.87. The number of hydrazone groups is 1. The molecule has 0 amide bonds. The molecule has 1 aromatic heterocycles. The standard InChI is InChI=1S/C29H30N4O2/c1-3-4-10-19-35-27-18-15-22(20-28(27)34-2)21-30-33-29(31-24-12-6-5-7-13-24)26-17-16-23-11-8-9-14-25(23)32-26/h5-9,11-18,20-21H,3-4,10,19H2,1-2H3,(H,31,33)/b30-21+. The Kier molecular flexibility index (Phi) is 8.43. The molecule has 1 N–H and O–H groups in total. The number of hydrogen-bond acceptors (Lipinski definition) is 5. The van der Waals surface area contributed by atoms with Gasteiger partial charge < -0.3 is 9.47 Å². The highest BCUT2D eigenvalue weighted by molar-refractivity contribution is 6.00. The molecule has 0 atom stereocenters. The van der Waals surface area contributed by atoms with Crippen molar-refractivity contribution in [2.75, 3.05) is 13.7 Å². The van der Waals surface area contributed by atoms with Gasteiger partial charge in [0.25, 0.3) is 0 Å². The van der Waals surface area contributed by atoms with Crippen molar-refractivity contribution in [3.05, 3.63) is 96.2 Å². The van der Waals surface area contributed by atoms with Gasteiger partial charge in [0.1, 0.15) is 5.69 Å². The van der Waals surface area contributed by atoms with Crippen LogP contribution in [0.1, 0.15) is 37.4 Å². The highest BCUT2D eigenvalue weighted by Gasteiger charge is 2.08. The lowest BCUT2D eigenvalue weighted by Crippen LogP contribution is -2.20. The van der Waals surface area contributed by atoms with E-state index >= 15 is 0 Å². The lowest BCUT2D eigenvalue weighted by molar-refractivity contribution is 0.286. The average Bonchev–Trinajstić information content (AvgIpc) is 2.91. The number of hydrogen-bond donors (Lipinski definition) is 1. The SMILES string of the molecule is CCCCCOc1ccc(/C=N/NC(=Nc2ccccc2)c2ccc3ccccc3n2)cc1OC. The number of benzene rings is 3. The van der Waals surface area contributed by atoms with Gasteiger partial charge in [-0.05, 0) is 54.4 Å². The van der Waals surface area contributed by atoms with Crippen LogP contribution >= 0.6 is 0 Å². The summed E-state index contributed by atoms with van der Waals surface area (Å²) in [4.78, 5) is 9.52. The topological polar surface area (TPSA) is 68.1 Å². The van der Waals surface area contributed by atoms with Crippen LogP contribution in [0.5, 0.6) is 11.5 Å². The first-order valence-corrected chi connectivity index (χ1v) is 11.9. The van der Waals surface area contributed by atoms with E-state index in [0.717, 1.165) is 47.2 Å². The molecule has 0 radical (unpaired) electrons. The van der Waals surface area contributed by atoms with Crippen LogP contribution in [-0.2, 0) is 0 Å². The third-order valence-corrected chi connectivity index (χ3v) is 5.42. The molecule has 0 saturated heterocycles. The summed E-state index contributed by atoms with van der Waals surface area (Å²) < 4.78 is 11.4. The van der Waals surface area contributed by atoms with Crippen LogP contribution in [-0.4, -0.2) is 30.8 Å². The number of methoxy groups -OCH3 is 1. The second-order valence-electron chi connectivity index (χ2n) is 8.02. The molecule has 178 valence electrons. The number of aliphatic imine (C=N–C) groups is 1. The molecule has 4 aromatic rings. The Bertz CT molecular complexity index is 1300. The Morgan fingerprint density at radius 1 is 0.914 bits per heavy atom. The lowest BCUT2D eigenvalue weighted by atomic mass is 10.2. The summed E-state index contributed by atoms with van der Waals surface area (Å²) in [7, 11) is 1.64. The Labute approximate surface area is 206 Å². The molecule has 0 aliphatic heterocycles. The van der Waals surface area contributed by atoms with Crippen LogP contribution in [0, 0.1) is 0 Å². The van der Waals surface area contributed by atoms with Crippen molar-refractivity contribution in [3.8, 4) is 11.5 Å². The summed E-state index contributed by atoms with van der Waals surface area (Å²) in [6, 6.07) is 27.5. The molecule has 6 nitrogen and oxygen atoms in total. The van der Waals surface area contributed by atoms with Gasteiger partial charge in [-0.2, -0.15) is 5.10 Å². The van der Waals surface area contributed by atoms with E-state index in [9.17, 15) is 0 Å². The minimum atomic E-state index is 0.557. The molecule has 0 unspecified atom stereocenters. The van der Waals surface area contributed by atoms with Crippen LogP contribution in [0.3, 0.4) is 0 Å². The smallest absolute Gasteiger partial charge is 0.173 e. The molecule has 0 saturated carbocycles. The predicted octanol–water partition coefficient (Wildman–Crippen LogP) is 6.51. The summed E-state index contributed by atoms with van der Waals surface area (Å²) in [6.45, 7) is 2.85. The summed E-state index contributed by atoms with van der Waals surface area (Å²) in [5.41, 5.74) is 6.38. The molecule has 0 spiro atoms. The van der Waals surface area contributed by atoms with Crippen LogP contribution in [0.2, 0.25) is 0 Å². The zero-order valence-corrected chi connectivity index (χ0v) is 20.1. The maximum Gasteiger partial charge on any atom is 0.173 e. The number of fused-ring (bicyclic) bond motifs is 1. The second kappa shape index (κ2) is 12.3. The number of unbranched alkanes of at least 4 members (excludes halogenated alkanes) is 2. The quantitative estimate of drug-likeness (QED) is 0.125. The van der Waals surface area contributed by atoms with Gasteiger partial charge in [-0.15, -0.1) is 0 Å². The van der Waals surface area contributed by atoms with Crippen molar-refractivity contribution >= 4 is 28.6 Å². The van der Waals surface area contributed by atoms with Gasteiger partial charge in [0, 0.05) is 5.39 Å². The lowest BCUT2D eigenvalue weighted by Gasteiger charge is -2.11. The minimum Gasteiger partial charge on any atom is -0.493 e. The van der Waals surface area contributed by atoms with E-state index in [0.29, 0.717) is 23.9 Å². The van der Waals surface area contributed by atoms with Gasteiger partial charge in [-0.25, -0.2) is 9.98 Å². The second-order valence-corrected chi connectivity index (χ2v) is 8.02. The summed E-state index contributed by atoms with van der Waals surface area (Å²) in [5, 5.41) is 5.52.